The van der Waals surface area contributed by atoms with Crippen LogP contribution >= 0.6 is 0 Å². The minimum absolute atomic E-state index is 0.0223. The van der Waals surface area contributed by atoms with Gasteiger partial charge in [0.25, 0.3) is 11.8 Å². The summed E-state index contributed by atoms with van der Waals surface area (Å²) in [5.41, 5.74) is 0.359. The van der Waals surface area contributed by atoms with E-state index >= 15 is 0 Å². The number of carbonyl (C=O) groups excluding carboxylic acids is 2. The summed E-state index contributed by atoms with van der Waals surface area (Å²) >= 11 is 0. The molecule has 0 radical (unpaired) electrons. The SMILES string of the molecule is O=C(c1ccc(OC[C@@H]2CCCN(C(=O)c3cc(F)ccc3F)C2)cc1)N1CCOCC1. The monoisotopic (exact) mass is 444 g/mol. The zero-order valence-corrected chi connectivity index (χ0v) is 17.8. The maximum absolute atomic E-state index is 14.0. The number of amides is 2. The Morgan fingerprint density at radius 3 is 2.47 bits per heavy atom. The number of morpholine rings is 1. The summed E-state index contributed by atoms with van der Waals surface area (Å²) in [6.07, 6.45) is 1.65. The largest absolute Gasteiger partial charge is 0.493 e. The first-order valence-corrected chi connectivity index (χ1v) is 10.9. The van der Waals surface area contributed by atoms with Crippen LogP contribution in [0.25, 0.3) is 0 Å². The van der Waals surface area contributed by atoms with Gasteiger partial charge in [0, 0.05) is 37.7 Å². The van der Waals surface area contributed by atoms with E-state index in [1.807, 2.05) is 0 Å². The lowest BCUT2D eigenvalue weighted by molar-refractivity contribution is 0.0303. The second-order valence-corrected chi connectivity index (χ2v) is 8.12. The van der Waals surface area contributed by atoms with Crippen LogP contribution in [0.2, 0.25) is 0 Å². The van der Waals surface area contributed by atoms with E-state index in [0.29, 0.717) is 57.3 Å². The molecule has 0 unspecified atom stereocenters. The predicted molar refractivity (Wildman–Crippen MR) is 114 cm³/mol. The normalized spacial score (nSPS) is 19.0. The second kappa shape index (κ2) is 10.1. The summed E-state index contributed by atoms with van der Waals surface area (Å²) in [6.45, 7) is 3.61. The van der Waals surface area contributed by atoms with Gasteiger partial charge in [0.05, 0.1) is 25.4 Å². The van der Waals surface area contributed by atoms with Crippen molar-refractivity contribution in [2.45, 2.75) is 12.8 Å². The van der Waals surface area contributed by atoms with Crippen LogP contribution < -0.4 is 4.74 Å². The van der Waals surface area contributed by atoms with Crippen molar-refractivity contribution in [3.05, 3.63) is 65.2 Å². The number of carbonyl (C=O) groups is 2. The smallest absolute Gasteiger partial charge is 0.256 e. The molecule has 170 valence electrons. The zero-order chi connectivity index (χ0) is 22.5. The van der Waals surface area contributed by atoms with Gasteiger partial charge >= 0.3 is 0 Å². The highest BCUT2D eigenvalue weighted by atomic mass is 19.1. The average molecular weight is 444 g/mol. The van der Waals surface area contributed by atoms with Gasteiger partial charge in [-0.1, -0.05) is 0 Å². The summed E-state index contributed by atoms with van der Waals surface area (Å²) in [7, 11) is 0. The van der Waals surface area contributed by atoms with Crippen LogP contribution in [-0.4, -0.2) is 67.6 Å². The van der Waals surface area contributed by atoms with E-state index in [1.165, 1.54) is 0 Å². The number of nitrogens with zero attached hydrogens (tertiary/aromatic N) is 2. The Labute approximate surface area is 185 Å². The molecular formula is C24H26F2N2O4. The Hall–Kier alpha value is -3.00. The number of benzene rings is 2. The third-order valence-corrected chi connectivity index (χ3v) is 5.85. The molecule has 0 spiro atoms. The Morgan fingerprint density at radius 1 is 0.969 bits per heavy atom. The lowest BCUT2D eigenvalue weighted by Gasteiger charge is -2.32. The minimum atomic E-state index is -0.721. The van der Waals surface area contributed by atoms with Gasteiger partial charge in [-0.2, -0.15) is 0 Å². The molecule has 8 heteroatoms. The van der Waals surface area contributed by atoms with E-state index in [2.05, 4.69) is 0 Å². The van der Waals surface area contributed by atoms with Gasteiger partial charge in [-0.05, 0) is 55.3 Å². The van der Waals surface area contributed by atoms with Crippen molar-refractivity contribution in [3.63, 3.8) is 0 Å². The number of rotatable bonds is 5. The van der Waals surface area contributed by atoms with Gasteiger partial charge < -0.3 is 19.3 Å². The molecule has 2 fully saturated rings. The summed E-state index contributed by atoms with van der Waals surface area (Å²) in [6, 6.07) is 9.94. The fourth-order valence-corrected chi connectivity index (χ4v) is 4.07. The van der Waals surface area contributed by atoms with Crippen molar-refractivity contribution >= 4 is 11.8 Å². The van der Waals surface area contributed by atoms with Gasteiger partial charge in [0.1, 0.15) is 17.4 Å². The summed E-state index contributed by atoms with van der Waals surface area (Å²) < 4.78 is 38.6. The van der Waals surface area contributed by atoms with Crippen molar-refractivity contribution in [3.8, 4) is 5.75 Å². The molecule has 0 N–H and O–H groups in total. The Bertz CT molecular complexity index is 961. The molecular weight excluding hydrogens is 418 g/mol. The van der Waals surface area contributed by atoms with Crippen molar-refractivity contribution in [1.82, 2.24) is 9.80 Å². The van der Waals surface area contributed by atoms with Crippen molar-refractivity contribution in [1.29, 1.82) is 0 Å². The molecule has 0 bridgehead atoms. The van der Waals surface area contributed by atoms with E-state index in [9.17, 15) is 18.4 Å². The molecule has 2 aromatic carbocycles. The van der Waals surface area contributed by atoms with E-state index in [0.717, 1.165) is 31.0 Å². The van der Waals surface area contributed by atoms with Crippen LogP contribution in [0.15, 0.2) is 42.5 Å². The molecule has 2 amide bonds. The lowest BCUT2D eigenvalue weighted by Crippen LogP contribution is -2.42. The first-order valence-electron chi connectivity index (χ1n) is 10.9. The highest BCUT2D eigenvalue weighted by molar-refractivity contribution is 5.95. The molecule has 4 rings (SSSR count). The third kappa shape index (κ3) is 5.24. The number of ether oxygens (including phenoxy) is 2. The Balaban J connectivity index is 1.31. The predicted octanol–water partition coefficient (Wildman–Crippen LogP) is 3.37. The van der Waals surface area contributed by atoms with Crippen molar-refractivity contribution < 1.29 is 27.8 Å². The van der Waals surface area contributed by atoms with Crippen LogP contribution in [0.1, 0.15) is 33.6 Å². The molecule has 2 aliphatic heterocycles. The quantitative estimate of drug-likeness (QED) is 0.710. The number of hydrogen-bond acceptors (Lipinski definition) is 4. The highest BCUT2D eigenvalue weighted by Gasteiger charge is 2.27. The van der Waals surface area contributed by atoms with Gasteiger partial charge in [-0.15, -0.1) is 0 Å². The average Bonchev–Trinajstić information content (AvgIpc) is 2.84. The fourth-order valence-electron chi connectivity index (χ4n) is 4.07. The first-order chi connectivity index (χ1) is 15.5. The minimum Gasteiger partial charge on any atom is -0.493 e. The fraction of sp³-hybridized carbons (Fsp3) is 0.417. The van der Waals surface area contributed by atoms with Crippen LogP contribution in [0, 0.1) is 17.6 Å². The number of piperidine rings is 1. The maximum Gasteiger partial charge on any atom is 0.256 e. The topological polar surface area (TPSA) is 59.1 Å². The van der Waals surface area contributed by atoms with Crippen LogP contribution in [-0.2, 0) is 4.74 Å². The standard InChI is InChI=1S/C24H26F2N2O4/c25-19-5-8-22(26)21(14-19)24(30)28-9-1-2-17(15-28)16-32-20-6-3-18(4-7-20)23(29)27-10-12-31-13-11-27/h3-8,14,17H,1-2,9-13,15-16H2/t17-/m1/s1. The molecule has 1 atom stereocenters. The van der Waals surface area contributed by atoms with Gasteiger partial charge in [-0.3, -0.25) is 9.59 Å². The van der Waals surface area contributed by atoms with Crippen LogP contribution in [0.5, 0.6) is 5.75 Å². The second-order valence-electron chi connectivity index (χ2n) is 8.12. The summed E-state index contributed by atoms with van der Waals surface area (Å²) in [5, 5.41) is 0. The van der Waals surface area contributed by atoms with Crippen LogP contribution in [0.3, 0.4) is 0 Å². The van der Waals surface area contributed by atoms with Crippen LogP contribution in [0.4, 0.5) is 8.78 Å². The van der Waals surface area contributed by atoms with Crippen molar-refractivity contribution in [2.75, 3.05) is 46.0 Å². The molecule has 2 heterocycles. The summed E-state index contributed by atoms with van der Waals surface area (Å²) in [5.74, 6) is -1.16. The Morgan fingerprint density at radius 2 is 1.72 bits per heavy atom. The molecule has 2 saturated heterocycles. The van der Waals surface area contributed by atoms with E-state index < -0.39 is 17.5 Å². The first kappa shape index (κ1) is 22.2. The molecule has 32 heavy (non-hydrogen) atoms. The zero-order valence-electron chi connectivity index (χ0n) is 17.8. The molecule has 6 nitrogen and oxygen atoms in total. The molecule has 2 aliphatic rings. The molecule has 2 aromatic rings. The molecule has 0 aliphatic carbocycles. The molecule has 0 aromatic heterocycles. The number of hydrogen-bond donors (Lipinski definition) is 0. The number of likely N-dealkylation sites (tertiary alicyclic amines) is 1. The maximum atomic E-state index is 14.0. The van der Waals surface area contributed by atoms with E-state index in [1.54, 1.807) is 34.1 Å². The van der Waals surface area contributed by atoms with Gasteiger partial charge in [0.15, 0.2) is 0 Å². The van der Waals surface area contributed by atoms with E-state index in [4.69, 9.17) is 9.47 Å². The lowest BCUT2D eigenvalue weighted by atomic mass is 9.98. The molecule has 0 saturated carbocycles. The van der Waals surface area contributed by atoms with Crippen molar-refractivity contribution in [2.24, 2.45) is 5.92 Å². The summed E-state index contributed by atoms with van der Waals surface area (Å²) in [4.78, 5) is 28.5. The third-order valence-electron chi connectivity index (χ3n) is 5.85. The van der Waals surface area contributed by atoms with Gasteiger partial charge in [0.2, 0.25) is 0 Å². The van der Waals surface area contributed by atoms with E-state index in [-0.39, 0.29) is 17.4 Å². The van der Waals surface area contributed by atoms with Gasteiger partial charge in [-0.25, -0.2) is 8.78 Å². The Kier molecular flexibility index (Phi) is 6.99. The highest BCUT2D eigenvalue weighted by Crippen LogP contribution is 2.22. The number of halogens is 2.